The quantitative estimate of drug-likeness (QED) is 0.125. The molecule has 0 bridgehead atoms. The van der Waals surface area contributed by atoms with Crippen LogP contribution in [0.1, 0.15) is 17.5 Å². The van der Waals surface area contributed by atoms with Crippen LogP contribution in [0.4, 0.5) is 5.69 Å². The molecule has 212 valence electrons. The van der Waals surface area contributed by atoms with Crippen molar-refractivity contribution in [1.82, 2.24) is 0 Å². The number of esters is 1. The Bertz CT molecular complexity index is 1550. The van der Waals surface area contributed by atoms with Crippen molar-refractivity contribution in [2.45, 2.75) is 19.6 Å². The summed E-state index contributed by atoms with van der Waals surface area (Å²) in [6.07, 6.45) is 0.879. The molecule has 0 N–H and O–H groups in total. The minimum atomic E-state index is -3.18. The van der Waals surface area contributed by atoms with Gasteiger partial charge in [-0.15, -0.1) is 0 Å². The first-order valence-corrected chi connectivity index (χ1v) is 18.6. The number of anilines is 1. The van der Waals surface area contributed by atoms with Crippen LogP contribution in [0.15, 0.2) is 140 Å². The summed E-state index contributed by atoms with van der Waals surface area (Å²) in [6, 6.07) is 47.8. The van der Waals surface area contributed by atoms with E-state index in [1.807, 2.05) is 48.5 Å². The minimum absolute atomic E-state index is 0.217. The molecule has 0 aliphatic carbocycles. The average molecular weight is 639 g/mol. The topological polar surface area (TPSA) is 38.8 Å². The molecule has 5 aromatic rings. The molecule has 0 fully saturated rings. The Balaban J connectivity index is 1.22. The molecule has 5 aromatic carbocycles. The van der Waals surface area contributed by atoms with Crippen molar-refractivity contribution >= 4 is 48.4 Å². The van der Waals surface area contributed by atoms with Crippen molar-refractivity contribution in [3.05, 3.63) is 151 Å². The van der Waals surface area contributed by atoms with Gasteiger partial charge in [-0.3, -0.25) is 0 Å². The van der Waals surface area contributed by atoms with Crippen LogP contribution in [-0.2, 0) is 22.7 Å². The second-order valence-corrected chi connectivity index (χ2v) is 19.6. The van der Waals surface area contributed by atoms with E-state index in [1.165, 1.54) is 15.9 Å². The zero-order valence-corrected chi connectivity index (χ0v) is 25.8. The van der Waals surface area contributed by atoms with Crippen molar-refractivity contribution in [2.75, 3.05) is 17.8 Å². The van der Waals surface area contributed by atoms with E-state index in [0.717, 1.165) is 29.1 Å². The number of carbonyl (C=O) groups is 1. The van der Waals surface area contributed by atoms with Gasteiger partial charge in [-0.1, -0.05) is 18.2 Å². The van der Waals surface area contributed by atoms with Crippen LogP contribution in [0.3, 0.4) is 0 Å². The van der Waals surface area contributed by atoms with E-state index in [9.17, 15) is 4.79 Å². The number of carbonyl (C=O) groups excluding carboxylic acids is 1. The maximum absolute atomic E-state index is 13.4. The molecule has 0 spiro atoms. The molecule has 0 atom stereocenters. The van der Waals surface area contributed by atoms with Crippen LogP contribution in [0.2, 0.25) is 0 Å². The van der Waals surface area contributed by atoms with Gasteiger partial charge >= 0.3 is 238 Å². The number of fused-ring (bicyclic) bond motifs is 1. The van der Waals surface area contributed by atoms with Crippen LogP contribution < -0.4 is 25.6 Å². The summed E-state index contributed by atoms with van der Waals surface area (Å²) < 4.78 is 11.9. The van der Waals surface area contributed by atoms with Crippen LogP contribution in [0.25, 0.3) is 0 Å². The van der Waals surface area contributed by atoms with Crippen LogP contribution in [0.5, 0.6) is 5.75 Å². The Hall–Kier alpha value is -3.92. The number of rotatable bonds is 9. The summed E-state index contributed by atoms with van der Waals surface area (Å²) in [7, 11) is 0. The normalized spacial score (nSPS) is 13.7. The van der Waals surface area contributed by atoms with Gasteiger partial charge in [0.15, 0.2) is 0 Å². The fourth-order valence-electron chi connectivity index (χ4n) is 5.78. The summed E-state index contributed by atoms with van der Waals surface area (Å²) in [5.41, 5.74) is 3.15. The Morgan fingerprint density at radius 3 is 1.81 bits per heavy atom. The average Bonchev–Trinajstić information content (AvgIpc) is 3.07. The summed E-state index contributed by atoms with van der Waals surface area (Å²) in [4.78, 5) is 15.6. The van der Waals surface area contributed by atoms with Crippen molar-refractivity contribution in [2.24, 2.45) is 0 Å². The first-order valence-electron chi connectivity index (χ1n) is 14.1. The van der Waals surface area contributed by atoms with E-state index < -0.39 is 5.31 Å². The molecule has 0 unspecified atom stereocenters. The predicted octanol–water partition coefficient (Wildman–Crippen LogP) is 7.32. The molecule has 4 nitrogen and oxygen atoms in total. The van der Waals surface area contributed by atoms with Crippen LogP contribution in [-0.4, -0.2) is 18.9 Å². The number of hydrogen-bond acceptors (Lipinski definition) is 4. The van der Waals surface area contributed by atoms with Gasteiger partial charge in [-0.25, -0.2) is 0 Å². The predicted molar refractivity (Wildman–Crippen MR) is 178 cm³/mol. The summed E-state index contributed by atoms with van der Waals surface area (Å²) in [6.45, 7) is 1.47. The first-order chi connectivity index (χ1) is 20.5. The molecular formula is C36H33BrNO3P. The molecular weight excluding hydrogens is 605 g/mol. The maximum atomic E-state index is 13.4. The van der Waals surface area contributed by atoms with Gasteiger partial charge in [-0.05, 0) is 0 Å². The molecule has 0 saturated carbocycles. The van der Waals surface area contributed by atoms with Crippen LogP contribution >= 0.6 is 20.8 Å². The number of ether oxygens (including phenoxy) is 2. The molecule has 6 rings (SSSR count). The summed E-state index contributed by atoms with van der Waals surface area (Å²) in [5.74, 6) is 0.661. The van der Waals surface area contributed by atoms with Gasteiger partial charge in [0, 0.05) is 0 Å². The molecule has 1 aliphatic heterocycles. The molecule has 42 heavy (non-hydrogen) atoms. The van der Waals surface area contributed by atoms with E-state index in [-0.39, 0.29) is 19.0 Å². The molecule has 0 amide bonds. The van der Waals surface area contributed by atoms with Gasteiger partial charge in [0.05, 0.1) is 0 Å². The number of benzene rings is 5. The number of para-hydroxylation sites is 1. The van der Waals surface area contributed by atoms with Gasteiger partial charge in [0.1, 0.15) is 0 Å². The van der Waals surface area contributed by atoms with E-state index in [0.29, 0.717) is 12.9 Å². The van der Waals surface area contributed by atoms with E-state index >= 15 is 0 Å². The third-order valence-electron chi connectivity index (χ3n) is 8.00. The van der Waals surface area contributed by atoms with Crippen molar-refractivity contribution < 1.29 is 14.3 Å². The van der Waals surface area contributed by atoms with Crippen LogP contribution in [0, 0.1) is 0 Å². The number of halogens is 1. The van der Waals surface area contributed by atoms with E-state index in [1.54, 1.807) is 0 Å². The molecule has 1 aliphatic rings. The fourth-order valence-corrected chi connectivity index (χ4v) is 13.1. The molecule has 0 aromatic heterocycles. The zero-order valence-electron chi connectivity index (χ0n) is 23.3. The van der Waals surface area contributed by atoms with Gasteiger partial charge < -0.3 is 0 Å². The second-order valence-electron chi connectivity index (χ2n) is 10.6. The Labute approximate surface area is 255 Å². The summed E-state index contributed by atoms with van der Waals surface area (Å²) in [5, 5.41) is 0.376. The molecule has 0 saturated heterocycles. The van der Waals surface area contributed by atoms with Gasteiger partial charge in [0.2, 0.25) is 0 Å². The third-order valence-corrected chi connectivity index (χ3v) is 17.9. The zero-order chi connectivity index (χ0) is 28.9. The van der Waals surface area contributed by atoms with Gasteiger partial charge in [0.25, 0.3) is 0 Å². The third kappa shape index (κ3) is 5.47. The number of nitrogens with zero attached hydrogens (tertiary/aromatic N) is 1. The number of hydrogen-bond donors (Lipinski definition) is 0. The molecule has 0 radical (unpaired) electrons. The Kier molecular flexibility index (Phi) is 8.15. The second kappa shape index (κ2) is 12.1. The standard InChI is InChI=1S/C36H33BrNO3P/c37-42(32-15-7-2-8-16-32,33-17-9-3-10-18-33,34-19-11-4-12-20-34)24-23-36(39)40-27-29-21-22-35-30(25-29)26-38(28-41-35)31-13-5-1-6-14-31/h1-22,25H,23-24,26-28H2. The molecule has 6 heteroatoms. The summed E-state index contributed by atoms with van der Waals surface area (Å²) >= 11 is 4.41. The Morgan fingerprint density at radius 2 is 1.26 bits per heavy atom. The van der Waals surface area contributed by atoms with E-state index in [2.05, 4.69) is 111 Å². The van der Waals surface area contributed by atoms with Crippen molar-refractivity contribution in [3.63, 3.8) is 0 Å². The molecule has 1 heterocycles. The van der Waals surface area contributed by atoms with E-state index in [4.69, 9.17) is 9.47 Å². The van der Waals surface area contributed by atoms with Crippen molar-refractivity contribution in [3.8, 4) is 5.75 Å². The van der Waals surface area contributed by atoms with Gasteiger partial charge in [-0.2, -0.15) is 0 Å². The van der Waals surface area contributed by atoms with Crippen molar-refractivity contribution in [1.29, 1.82) is 0 Å². The SMILES string of the molecule is O=C(CCP(Br)(c1ccccc1)(c1ccccc1)c1ccccc1)OCc1ccc2c(c1)CN(c1ccccc1)CO2. The monoisotopic (exact) mass is 637 g/mol. The Morgan fingerprint density at radius 1 is 0.738 bits per heavy atom. The first kappa shape index (κ1) is 28.2. The fraction of sp³-hybridized carbons (Fsp3) is 0.139.